The van der Waals surface area contributed by atoms with Gasteiger partial charge in [-0.05, 0) is 26.2 Å². The Morgan fingerprint density at radius 2 is 2.53 bits per heavy atom. The van der Waals surface area contributed by atoms with Gasteiger partial charge in [-0.15, -0.1) is 0 Å². The molecule has 1 aromatic heterocycles. The highest BCUT2D eigenvalue weighted by molar-refractivity contribution is 5.88. The van der Waals surface area contributed by atoms with E-state index >= 15 is 0 Å². The number of nitrogens with zero attached hydrogens (tertiary/aromatic N) is 2. The second-order valence-corrected chi connectivity index (χ2v) is 3.85. The molecule has 1 atom stereocenters. The zero-order valence-electron chi connectivity index (χ0n) is 8.77. The summed E-state index contributed by atoms with van der Waals surface area (Å²) in [7, 11) is 0. The molecule has 2 amide bonds. The molecule has 0 aliphatic carbocycles. The first kappa shape index (κ1) is 10.0. The van der Waals surface area contributed by atoms with Gasteiger partial charge < -0.3 is 9.42 Å². The number of carbonyl (C=O) groups excluding carboxylic acids is 1. The Morgan fingerprint density at radius 1 is 1.67 bits per heavy atom. The van der Waals surface area contributed by atoms with Crippen LogP contribution in [0.25, 0.3) is 0 Å². The SMILES string of the molecule is CC1CCCCN1C(=O)Nc1ccno1. The van der Waals surface area contributed by atoms with Gasteiger partial charge in [-0.25, -0.2) is 4.79 Å². The third-order valence-electron chi connectivity index (χ3n) is 2.73. The van der Waals surface area contributed by atoms with Crippen LogP contribution in [0.4, 0.5) is 10.7 Å². The third kappa shape index (κ3) is 2.29. The summed E-state index contributed by atoms with van der Waals surface area (Å²) in [6, 6.07) is 1.84. The van der Waals surface area contributed by atoms with Crippen LogP contribution in [0.2, 0.25) is 0 Å². The number of piperidine rings is 1. The number of hydrogen-bond acceptors (Lipinski definition) is 3. The number of amides is 2. The van der Waals surface area contributed by atoms with Crippen LogP contribution in [0.5, 0.6) is 0 Å². The van der Waals surface area contributed by atoms with Gasteiger partial charge in [-0.1, -0.05) is 5.16 Å². The van der Waals surface area contributed by atoms with E-state index < -0.39 is 0 Å². The largest absolute Gasteiger partial charge is 0.338 e. The van der Waals surface area contributed by atoms with Crippen LogP contribution in [0.1, 0.15) is 26.2 Å². The van der Waals surface area contributed by atoms with E-state index in [0.29, 0.717) is 11.9 Å². The summed E-state index contributed by atoms with van der Waals surface area (Å²) in [6.07, 6.45) is 4.86. The fraction of sp³-hybridized carbons (Fsp3) is 0.600. The first-order chi connectivity index (χ1) is 7.27. The third-order valence-corrected chi connectivity index (χ3v) is 2.73. The van der Waals surface area contributed by atoms with Gasteiger partial charge in [0.15, 0.2) is 0 Å². The number of likely N-dealkylation sites (tertiary alicyclic amines) is 1. The Kier molecular flexibility index (Phi) is 2.89. The molecule has 0 saturated carbocycles. The predicted octanol–water partition coefficient (Wildman–Crippen LogP) is 2.08. The number of nitrogens with one attached hydrogen (secondary N) is 1. The summed E-state index contributed by atoms with van der Waals surface area (Å²) in [4.78, 5) is 13.6. The Bertz CT molecular complexity index is 323. The molecule has 82 valence electrons. The fourth-order valence-electron chi connectivity index (χ4n) is 1.86. The van der Waals surface area contributed by atoms with E-state index in [4.69, 9.17) is 4.52 Å². The number of anilines is 1. The molecule has 1 fully saturated rings. The van der Waals surface area contributed by atoms with Crippen molar-refractivity contribution in [2.75, 3.05) is 11.9 Å². The van der Waals surface area contributed by atoms with E-state index in [1.54, 1.807) is 6.07 Å². The minimum atomic E-state index is -0.0982. The quantitative estimate of drug-likeness (QED) is 0.770. The number of urea groups is 1. The molecule has 15 heavy (non-hydrogen) atoms. The van der Waals surface area contributed by atoms with Crippen LogP contribution >= 0.6 is 0 Å². The lowest BCUT2D eigenvalue weighted by Gasteiger charge is -2.32. The van der Waals surface area contributed by atoms with Crippen LogP contribution in [0, 0.1) is 0 Å². The van der Waals surface area contributed by atoms with Crippen molar-refractivity contribution < 1.29 is 9.32 Å². The van der Waals surface area contributed by atoms with Gasteiger partial charge >= 0.3 is 6.03 Å². The van der Waals surface area contributed by atoms with E-state index in [1.807, 2.05) is 4.90 Å². The molecular weight excluding hydrogens is 194 g/mol. The molecule has 5 heteroatoms. The maximum atomic E-state index is 11.8. The van der Waals surface area contributed by atoms with Gasteiger partial charge in [0, 0.05) is 18.7 Å². The molecule has 1 aliphatic heterocycles. The van der Waals surface area contributed by atoms with Crippen molar-refractivity contribution in [1.29, 1.82) is 0 Å². The highest BCUT2D eigenvalue weighted by Crippen LogP contribution is 2.17. The molecular formula is C10H15N3O2. The lowest BCUT2D eigenvalue weighted by molar-refractivity contribution is 0.170. The topological polar surface area (TPSA) is 58.4 Å². The van der Waals surface area contributed by atoms with Crippen LogP contribution < -0.4 is 5.32 Å². The summed E-state index contributed by atoms with van der Waals surface area (Å²) in [5.74, 6) is 0.401. The van der Waals surface area contributed by atoms with Crippen molar-refractivity contribution in [3.63, 3.8) is 0 Å². The van der Waals surface area contributed by atoms with E-state index in [0.717, 1.165) is 19.4 Å². The maximum Gasteiger partial charge on any atom is 0.324 e. The molecule has 1 aromatic rings. The molecule has 1 aliphatic rings. The predicted molar refractivity (Wildman–Crippen MR) is 55.5 cm³/mol. The minimum absolute atomic E-state index is 0.0982. The van der Waals surface area contributed by atoms with Gasteiger partial charge in [0.25, 0.3) is 0 Å². The molecule has 2 rings (SSSR count). The zero-order chi connectivity index (χ0) is 10.7. The number of aromatic nitrogens is 1. The first-order valence-electron chi connectivity index (χ1n) is 5.25. The van der Waals surface area contributed by atoms with E-state index in [9.17, 15) is 4.79 Å². The van der Waals surface area contributed by atoms with Crippen molar-refractivity contribution in [2.24, 2.45) is 0 Å². The van der Waals surface area contributed by atoms with Crippen molar-refractivity contribution in [3.05, 3.63) is 12.3 Å². The molecule has 1 unspecified atom stereocenters. The van der Waals surface area contributed by atoms with Gasteiger partial charge in [-0.3, -0.25) is 5.32 Å². The maximum absolute atomic E-state index is 11.8. The van der Waals surface area contributed by atoms with Crippen LogP contribution in [-0.2, 0) is 0 Å². The molecule has 1 N–H and O–H groups in total. The van der Waals surface area contributed by atoms with Gasteiger partial charge in [0.2, 0.25) is 5.88 Å². The number of rotatable bonds is 1. The summed E-state index contributed by atoms with van der Waals surface area (Å²) >= 11 is 0. The van der Waals surface area contributed by atoms with Crippen LogP contribution in [0.15, 0.2) is 16.8 Å². The summed E-state index contributed by atoms with van der Waals surface area (Å²) in [6.45, 7) is 2.89. The van der Waals surface area contributed by atoms with E-state index in [-0.39, 0.29) is 6.03 Å². The van der Waals surface area contributed by atoms with Crippen LogP contribution in [-0.4, -0.2) is 28.7 Å². The highest BCUT2D eigenvalue weighted by Gasteiger charge is 2.23. The first-order valence-corrected chi connectivity index (χ1v) is 5.25. The smallest absolute Gasteiger partial charge is 0.324 e. The normalized spacial score (nSPS) is 21.4. The molecule has 2 heterocycles. The van der Waals surface area contributed by atoms with Crippen molar-refractivity contribution >= 4 is 11.9 Å². The minimum Gasteiger partial charge on any atom is -0.338 e. The Labute approximate surface area is 88.4 Å². The summed E-state index contributed by atoms with van der Waals surface area (Å²) in [5.41, 5.74) is 0. The summed E-state index contributed by atoms with van der Waals surface area (Å²) < 4.78 is 4.82. The average Bonchev–Trinajstić information content (AvgIpc) is 2.71. The Hall–Kier alpha value is -1.52. The number of carbonyl (C=O) groups is 1. The van der Waals surface area contributed by atoms with Crippen molar-refractivity contribution in [3.8, 4) is 0 Å². The molecule has 0 aromatic carbocycles. The van der Waals surface area contributed by atoms with Crippen molar-refractivity contribution in [1.82, 2.24) is 10.1 Å². The highest BCUT2D eigenvalue weighted by atomic mass is 16.5. The Balaban J connectivity index is 1.95. The van der Waals surface area contributed by atoms with Crippen molar-refractivity contribution in [2.45, 2.75) is 32.2 Å². The van der Waals surface area contributed by atoms with Gasteiger partial charge in [0.1, 0.15) is 0 Å². The average molecular weight is 209 g/mol. The standard InChI is InChI=1S/C10H15N3O2/c1-8-4-2-3-7-13(8)10(14)12-9-5-6-11-15-9/h5-6,8H,2-4,7H2,1H3,(H,12,14). The summed E-state index contributed by atoms with van der Waals surface area (Å²) in [5, 5.41) is 6.21. The molecule has 5 nitrogen and oxygen atoms in total. The molecule has 1 saturated heterocycles. The molecule has 0 spiro atoms. The molecule has 0 bridgehead atoms. The fourth-order valence-corrected chi connectivity index (χ4v) is 1.86. The van der Waals surface area contributed by atoms with E-state index in [2.05, 4.69) is 17.4 Å². The number of hydrogen-bond donors (Lipinski definition) is 1. The lowest BCUT2D eigenvalue weighted by Crippen LogP contribution is -2.44. The van der Waals surface area contributed by atoms with Crippen LogP contribution in [0.3, 0.4) is 0 Å². The lowest BCUT2D eigenvalue weighted by atomic mass is 10.0. The monoisotopic (exact) mass is 209 g/mol. The van der Waals surface area contributed by atoms with Gasteiger partial charge in [0.05, 0.1) is 6.20 Å². The second-order valence-electron chi connectivity index (χ2n) is 3.85. The van der Waals surface area contributed by atoms with E-state index in [1.165, 1.54) is 12.6 Å². The Morgan fingerprint density at radius 3 is 3.20 bits per heavy atom. The molecule has 0 radical (unpaired) electrons. The zero-order valence-corrected chi connectivity index (χ0v) is 8.77. The second kappa shape index (κ2) is 4.33. The van der Waals surface area contributed by atoms with Gasteiger partial charge in [-0.2, -0.15) is 0 Å².